The van der Waals surface area contributed by atoms with Crippen LogP contribution in [0.5, 0.6) is 5.75 Å². The minimum Gasteiger partial charge on any atom is -0.495 e. The molecular weight excluding hydrogens is 348 g/mol. The van der Waals surface area contributed by atoms with Crippen LogP contribution in [0.2, 0.25) is 5.02 Å². The van der Waals surface area contributed by atoms with Gasteiger partial charge in [0.05, 0.1) is 23.2 Å². The largest absolute Gasteiger partial charge is 0.495 e. The maximum absolute atomic E-state index is 11.7. The third-order valence-electron chi connectivity index (χ3n) is 3.17. The van der Waals surface area contributed by atoms with Crippen molar-refractivity contribution in [2.45, 2.75) is 0 Å². The van der Waals surface area contributed by atoms with Crippen LogP contribution in [-0.4, -0.2) is 19.2 Å². The van der Waals surface area contributed by atoms with Crippen molar-refractivity contribution in [3.8, 4) is 17.1 Å². The Morgan fingerprint density at radius 1 is 1.33 bits per heavy atom. The van der Waals surface area contributed by atoms with Crippen molar-refractivity contribution in [2.75, 3.05) is 7.11 Å². The van der Waals surface area contributed by atoms with Gasteiger partial charge in [-0.05, 0) is 41.8 Å². The molecule has 7 heteroatoms. The number of methoxy groups -OCH3 is 1. The quantitative estimate of drug-likeness (QED) is 0.540. The topological polar surface area (TPSA) is 63.8 Å². The van der Waals surface area contributed by atoms with Gasteiger partial charge in [0, 0.05) is 5.56 Å². The molecule has 5 nitrogen and oxygen atoms in total. The van der Waals surface area contributed by atoms with Gasteiger partial charge in [0.2, 0.25) is 0 Å². The molecule has 0 spiro atoms. The SMILES string of the molecule is COc1ccc(-c2ccc(/C=N/NC(=O)c3cccs3)o2)cc1Cl. The van der Waals surface area contributed by atoms with Gasteiger partial charge in [0.1, 0.15) is 17.3 Å². The Labute approximate surface area is 147 Å². The Morgan fingerprint density at radius 3 is 2.92 bits per heavy atom. The molecule has 122 valence electrons. The molecule has 0 atom stereocenters. The molecule has 3 rings (SSSR count). The van der Waals surface area contributed by atoms with Crippen LogP contribution < -0.4 is 10.2 Å². The highest BCUT2D eigenvalue weighted by atomic mass is 35.5. The molecule has 0 unspecified atom stereocenters. The van der Waals surface area contributed by atoms with Gasteiger partial charge in [0.25, 0.3) is 5.91 Å². The molecule has 3 aromatic rings. The molecule has 0 fully saturated rings. The zero-order valence-corrected chi connectivity index (χ0v) is 14.2. The summed E-state index contributed by atoms with van der Waals surface area (Å²) >= 11 is 7.46. The Hall–Kier alpha value is -2.57. The number of hydrazone groups is 1. The summed E-state index contributed by atoms with van der Waals surface area (Å²) in [7, 11) is 1.56. The lowest BCUT2D eigenvalue weighted by atomic mass is 10.2. The number of nitrogens with one attached hydrogen (secondary N) is 1. The van der Waals surface area contributed by atoms with E-state index in [1.165, 1.54) is 17.6 Å². The zero-order valence-electron chi connectivity index (χ0n) is 12.7. The van der Waals surface area contributed by atoms with Crippen LogP contribution in [0, 0.1) is 0 Å². The van der Waals surface area contributed by atoms with E-state index in [1.54, 1.807) is 37.4 Å². The Bertz CT molecular complexity index is 872. The fraction of sp³-hybridized carbons (Fsp3) is 0.0588. The van der Waals surface area contributed by atoms with Crippen molar-refractivity contribution in [2.24, 2.45) is 5.10 Å². The highest BCUT2D eigenvalue weighted by Crippen LogP contribution is 2.30. The molecule has 0 saturated heterocycles. The number of furan rings is 1. The highest BCUT2D eigenvalue weighted by molar-refractivity contribution is 7.12. The predicted octanol–water partition coefficient (Wildman–Crippen LogP) is 4.43. The summed E-state index contributed by atoms with van der Waals surface area (Å²) in [5.74, 6) is 1.51. The molecule has 2 heterocycles. The van der Waals surface area contributed by atoms with Gasteiger partial charge < -0.3 is 9.15 Å². The second kappa shape index (κ2) is 7.33. The Kier molecular flexibility index (Phi) is 4.98. The van der Waals surface area contributed by atoms with E-state index in [2.05, 4.69) is 10.5 Å². The van der Waals surface area contributed by atoms with Crippen LogP contribution in [0.4, 0.5) is 0 Å². The van der Waals surface area contributed by atoms with Crippen molar-refractivity contribution in [3.05, 3.63) is 63.5 Å². The number of rotatable bonds is 5. The van der Waals surface area contributed by atoms with Crippen LogP contribution >= 0.6 is 22.9 Å². The molecule has 1 amide bonds. The maximum atomic E-state index is 11.7. The lowest BCUT2D eigenvalue weighted by Gasteiger charge is -2.04. The molecule has 24 heavy (non-hydrogen) atoms. The van der Waals surface area contributed by atoms with E-state index in [0.29, 0.717) is 27.2 Å². The molecule has 0 saturated carbocycles. The van der Waals surface area contributed by atoms with Crippen LogP contribution in [0.15, 0.2) is 57.4 Å². The number of hydrogen-bond donors (Lipinski definition) is 1. The smallest absolute Gasteiger partial charge is 0.281 e. The van der Waals surface area contributed by atoms with Crippen molar-refractivity contribution in [1.29, 1.82) is 0 Å². The summed E-state index contributed by atoms with van der Waals surface area (Å²) in [6.07, 6.45) is 1.44. The van der Waals surface area contributed by atoms with Crippen molar-refractivity contribution in [3.63, 3.8) is 0 Å². The zero-order chi connectivity index (χ0) is 16.9. The number of hydrogen-bond acceptors (Lipinski definition) is 5. The van der Waals surface area contributed by atoms with Crippen LogP contribution in [-0.2, 0) is 0 Å². The minimum atomic E-state index is -0.255. The van der Waals surface area contributed by atoms with Gasteiger partial charge in [-0.2, -0.15) is 5.10 Å². The van der Waals surface area contributed by atoms with Gasteiger partial charge in [-0.25, -0.2) is 5.43 Å². The standard InChI is InChI=1S/C17H13ClN2O3S/c1-22-15-6-4-11(9-13(15)18)14-7-5-12(23-14)10-19-20-17(21)16-3-2-8-24-16/h2-10H,1H3,(H,20,21)/b19-10+. The van der Waals surface area contributed by atoms with E-state index >= 15 is 0 Å². The summed E-state index contributed by atoms with van der Waals surface area (Å²) in [4.78, 5) is 12.3. The number of nitrogens with zero attached hydrogens (tertiary/aromatic N) is 1. The number of benzene rings is 1. The number of carbonyl (C=O) groups is 1. The molecule has 0 aliphatic carbocycles. The third-order valence-corrected chi connectivity index (χ3v) is 4.33. The maximum Gasteiger partial charge on any atom is 0.281 e. The Morgan fingerprint density at radius 2 is 2.21 bits per heavy atom. The molecule has 1 aromatic carbocycles. The molecule has 0 aliphatic heterocycles. The first-order valence-electron chi connectivity index (χ1n) is 6.98. The summed E-state index contributed by atoms with van der Waals surface area (Å²) in [6, 6.07) is 12.5. The first-order chi connectivity index (χ1) is 11.7. The molecule has 0 bridgehead atoms. The second-order valence-electron chi connectivity index (χ2n) is 4.73. The first-order valence-corrected chi connectivity index (χ1v) is 8.24. The number of amides is 1. The van der Waals surface area contributed by atoms with E-state index in [4.69, 9.17) is 20.8 Å². The average molecular weight is 361 g/mol. The van der Waals surface area contributed by atoms with Gasteiger partial charge in [-0.1, -0.05) is 17.7 Å². The number of carbonyl (C=O) groups excluding carboxylic acids is 1. The van der Waals surface area contributed by atoms with Crippen LogP contribution in [0.1, 0.15) is 15.4 Å². The number of ether oxygens (including phenoxy) is 1. The predicted molar refractivity (Wildman–Crippen MR) is 95.1 cm³/mol. The van der Waals surface area contributed by atoms with Gasteiger partial charge in [-0.15, -0.1) is 11.3 Å². The second-order valence-corrected chi connectivity index (χ2v) is 6.08. The van der Waals surface area contributed by atoms with Gasteiger partial charge in [-0.3, -0.25) is 4.79 Å². The minimum absolute atomic E-state index is 0.255. The number of halogens is 1. The van der Waals surface area contributed by atoms with E-state index in [9.17, 15) is 4.79 Å². The monoisotopic (exact) mass is 360 g/mol. The van der Waals surface area contributed by atoms with E-state index in [1.807, 2.05) is 17.5 Å². The van der Waals surface area contributed by atoms with Crippen molar-refractivity contribution in [1.82, 2.24) is 5.43 Å². The van der Waals surface area contributed by atoms with Crippen LogP contribution in [0.3, 0.4) is 0 Å². The Balaban J connectivity index is 1.68. The first kappa shape index (κ1) is 16.3. The summed E-state index contributed by atoms with van der Waals surface area (Å²) in [5, 5.41) is 6.23. The molecule has 0 aliphatic rings. The lowest BCUT2D eigenvalue weighted by Crippen LogP contribution is -2.15. The third kappa shape index (κ3) is 3.67. The molecule has 1 N–H and O–H groups in total. The van der Waals surface area contributed by atoms with Gasteiger partial charge >= 0.3 is 0 Å². The summed E-state index contributed by atoms with van der Waals surface area (Å²) < 4.78 is 10.8. The molecular formula is C17H13ClN2O3S. The van der Waals surface area contributed by atoms with Crippen LogP contribution in [0.25, 0.3) is 11.3 Å². The molecule has 0 radical (unpaired) electrons. The molecule has 2 aromatic heterocycles. The van der Waals surface area contributed by atoms with E-state index in [0.717, 1.165) is 5.56 Å². The highest BCUT2D eigenvalue weighted by Gasteiger charge is 2.08. The van der Waals surface area contributed by atoms with Gasteiger partial charge in [0.15, 0.2) is 0 Å². The van der Waals surface area contributed by atoms with E-state index < -0.39 is 0 Å². The summed E-state index contributed by atoms with van der Waals surface area (Å²) in [5.41, 5.74) is 3.27. The normalized spacial score (nSPS) is 10.9. The fourth-order valence-electron chi connectivity index (χ4n) is 2.01. The fourth-order valence-corrected chi connectivity index (χ4v) is 2.89. The van der Waals surface area contributed by atoms with E-state index in [-0.39, 0.29) is 5.91 Å². The average Bonchev–Trinajstić information content (AvgIpc) is 3.26. The number of thiophene rings is 1. The van der Waals surface area contributed by atoms with Crippen molar-refractivity contribution < 1.29 is 13.9 Å². The lowest BCUT2D eigenvalue weighted by molar-refractivity contribution is 0.0959. The van der Waals surface area contributed by atoms with Crippen molar-refractivity contribution >= 4 is 35.1 Å². The summed E-state index contributed by atoms with van der Waals surface area (Å²) in [6.45, 7) is 0.